The van der Waals surface area contributed by atoms with Crippen LogP contribution in [0, 0.1) is 5.92 Å². The number of carbonyl (C=O) groups is 1. The summed E-state index contributed by atoms with van der Waals surface area (Å²) in [5.74, 6) is 0.0913. The highest BCUT2D eigenvalue weighted by Crippen LogP contribution is 2.09. The molecule has 12 heavy (non-hydrogen) atoms. The van der Waals surface area contributed by atoms with E-state index in [0.29, 0.717) is 0 Å². The monoisotopic (exact) mass is 163 g/mol. The summed E-state index contributed by atoms with van der Waals surface area (Å²) in [7, 11) is 0. The van der Waals surface area contributed by atoms with Gasteiger partial charge in [0, 0.05) is 11.6 Å². The first kappa shape index (κ1) is 8.78. The average molecular weight is 163 g/mol. The zero-order chi connectivity index (χ0) is 8.97. The van der Waals surface area contributed by atoms with Gasteiger partial charge in [0.05, 0.1) is 0 Å². The second-order valence-electron chi connectivity index (χ2n) is 3.06. The van der Waals surface area contributed by atoms with Crippen LogP contribution in [0.2, 0.25) is 0 Å². The molecule has 0 spiro atoms. The number of nitrogen functional groups attached to an aromatic ring is 1. The van der Waals surface area contributed by atoms with E-state index < -0.39 is 0 Å². The Morgan fingerprint density at radius 2 is 2.00 bits per heavy atom. The SMILES string of the molecule is CC(C=O)Cc1ccc(N)cc1. The Hall–Kier alpha value is -1.31. The Labute approximate surface area is 72.4 Å². The predicted octanol–water partition coefficient (Wildman–Crippen LogP) is 1.65. The van der Waals surface area contributed by atoms with Crippen LogP contribution in [-0.2, 0) is 11.2 Å². The number of benzene rings is 1. The van der Waals surface area contributed by atoms with Crippen molar-refractivity contribution >= 4 is 12.0 Å². The lowest BCUT2D eigenvalue weighted by atomic mass is 10.0. The van der Waals surface area contributed by atoms with Gasteiger partial charge in [-0.3, -0.25) is 0 Å². The van der Waals surface area contributed by atoms with Gasteiger partial charge < -0.3 is 10.5 Å². The molecule has 64 valence electrons. The average Bonchev–Trinajstić information content (AvgIpc) is 2.09. The maximum absolute atomic E-state index is 10.4. The fraction of sp³-hybridized carbons (Fsp3) is 0.300. The van der Waals surface area contributed by atoms with E-state index in [1.165, 1.54) is 0 Å². The normalized spacial score (nSPS) is 12.4. The lowest BCUT2D eigenvalue weighted by Gasteiger charge is -2.03. The summed E-state index contributed by atoms with van der Waals surface area (Å²) in [6.07, 6.45) is 1.76. The van der Waals surface area contributed by atoms with Crippen molar-refractivity contribution in [2.45, 2.75) is 13.3 Å². The van der Waals surface area contributed by atoms with Gasteiger partial charge in [-0.25, -0.2) is 0 Å². The number of nitrogens with two attached hydrogens (primary N) is 1. The molecule has 1 rings (SSSR count). The molecule has 0 bridgehead atoms. The zero-order valence-electron chi connectivity index (χ0n) is 7.16. The van der Waals surface area contributed by atoms with E-state index >= 15 is 0 Å². The van der Waals surface area contributed by atoms with E-state index in [-0.39, 0.29) is 5.92 Å². The summed E-state index contributed by atoms with van der Waals surface area (Å²) in [5, 5.41) is 0. The van der Waals surface area contributed by atoms with Gasteiger partial charge in [0.25, 0.3) is 0 Å². The fourth-order valence-corrected chi connectivity index (χ4v) is 1.07. The molecule has 2 N–H and O–H groups in total. The van der Waals surface area contributed by atoms with Crippen molar-refractivity contribution in [3.63, 3.8) is 0 Å². The van der Waals surface area contributed by atoms with Crippen LogP contribution in [0.4, 0.5) is 5.69 Å². The summed E-state index contributed by atoms with van der Waals surface area (Å²) in [5.41, 5.74) is 7.44. The predicted molar refractivity (Wildman–Crippen MR) is 49.8 cm³/mol. The molecule has 1 atom stereocenters. The lowest BCUT2D eigenvalue weighted by Crippen LogP contribution is -2.00. The zero-order valence-corrected chi connectivity index (χ0v) is 7.16. The summed E-state index contributed by atoms with van der Waals surface area (Å²) in [6, 6.07) is 7.62. The van der Waals surface area contributed by atoms with Crippen LogP contribution in [0.25, 0.3) is 0 Å². The second-order valence-corrected chi connectivity index (χ2v) is 3.06. The minimum atomic E-state index is 0.0913. The van der Waals surface area contributed by atoms with Crippen LogP contribution in [0.15, 0.2) is 24.3 Å². The second kappa shape index (κ2) is 3.90. The molecule has 0 heterocycles. The van der Waals surface area contributed by atoms with Gasteiger partial charge in [0.15, 0.2) is 0 Å². The Kier molecular flexibility index (Phi) is 2.86. The quantitative estimate of drug-likeness (QED) is 0.543. The molecular formula is C10H13NO. The minimum absolute atomic E-state index is 0.0913. The smallest absolute Gasteiger partial charge is 0.123 e. The number of rotatable bonds is 3. The van der Waals surface area contributed by atoms with Gasteiger partial charge in [-0.1, -0.05) is 19.1 Å². The van der Waals surface area contributed by atoms with E-state index in [2.05, 4.69) is 0 Å². The molecule has 1 aromatic rings. The maximum atomic E-state index is 10.4. The number of hydrogen-bond donors (Lipinski definition) is 1. The van der Waals surface area contributed by atoms with Crippen LogP contribution in [0.5, 0.6) is 0 Å². The highest BCUT2D eigenvalue weighted by atomic mass is 16.1. The minimum Gasteiger partial charge on any atom is -0.399 e. The standard InChI is InChI=1S/C10H13NO/c1-8(7-12)6-9-2-4-10(11)5-3-9/h2-5,7-8H,6,11H2,1H3. The van der Waals surface area contributed by atoms with Crippen molar-refractivity contribution in [3.05, 3.63) is 29.8 Å². The molecule has 1 unspecified atom stereocenters. The third-order valence-electron chi connectivity index (χ3n) is 1.77. The first-order valence-electron chi connectivity index (χ1n) is 4.02. The molecule has 0 aliphatic rings. The van der Waals surface area contributed by atoms with Crippen LogP contribution >= 0.6 is 0 Å². The van der Waals surface area contributed by atoms with Gasteiger partial charge in [-0.05, 0) is 24.1 Å². The summed E-state index contributed by atoms with van der Waals surface area (Å²) in [4.78, 5) is 10.4. The first-order chi connectivity index (χ1) is 5.72. The number of carbonyl (C=O) groups excluding carboxylic acids is 1. The van der Waals surface area contributed by atoms with Crippen LogP contribution < -0.4 is 5.73 Å². The molecule has 0 radical (unpaired) electrons. The van der Waals surface area contributed by atoms with E-state index in [1.807, 2.05) is 31.2 Å². The summed E-state index contributed by atoms with van der Waals surface area (Å²) in [6.45, 7) is 1.91. The fourth-order valence-electron chi connectivity index (χ4n) is 1.07. The molecular weight excluding hydrogens is 150 g/mol. The largest absolute Gasteiger partial charge is 0.399 e. The highest BCUT2D eigenvalue weighted by molar-refractivity contribution is 5.53. The van der Waals surface area contributed by atoms with Crippen LogP contribution in [0.3, 0.4) is 0 Å². The molecule has 0 aliphatic carbocycles. The lowest BCUT2D eigenvalue weighted by molar-refractivity contribution is -0.110. The maximum Gasteiger partial charge on any atom is 0.123 e. The van der Waals surface area contributed by atoms with Crippen LogP contribution in [0.1, 0.15) is 12.5 Å². The first-order valence-corrected chi connectivity index (χ1v) is 4.02. The van der Waals surface area contributed by atoms with Crippen molar-refractivity contribution in [1.82, 2.24) is 0 Å². The van der Waals surface area contributed by atoms with Crippen molar-refractivity contribution in [2.75, 3.05) is 5.73 Å². The Morgan fingerprint density at radius 3 is 2.50 bits per heavy atom. The molecule has 0 saturated carbocycles. The van der Waals surface area contributed by atoms with Gasteiger partial charge in [-0.15, -0.1) is 0 Å². The Bertz CT molecular complexity index is 253. The van der Waals surface area contributed by atoms with Gasteiger partial charge in [-0.2, -0.15) is 0 Å². The molecule has 2 heteroatoms. The number of hydrogen-bond acceptors (Lipinski definition) is 2. The topological polar surface area (TPSA) is 43.1 Å². The third kappa shape index (κ3) is 2.38. The van der Waals surface area contributed by atoms with Crippen molar-refractivity contribution in [3.8, 4) is 0 Å². The van der Waals surface area contributed by atoms with Crippen molar-refractivity contribution in [2.24, 2.45) is 5.92 Å². The Balaban J connectivity index is 2.64. The van der Waals surface area contributed by atoms with Gasteiger partial charge >= 0.3 is 0 Å². The number of anilines is 1. The third-order valence-corrected chi connectivity index (χ3v) is 1.77. The number of aldehydes is 1. The van der Waals surface area contributed by atoms with Gasteiger partial charge in [0.1, 0.15) is 6.29 Å². The summed E-state index contributed by atoms with van der Waals surface area (Å²) >= 11 is 0. The molecule has 0 aromatic heterocycles. The molecule has 1 aromatic carbocycles. The molecule has 2 nitrogen and oxygen atoms in total. The van der Waals surface area contributed by atoms with Crippen molar-refractivity contribution < 1.29 is 4.79 Å². The van der Waals surface area contributed by atoms with E-state index in [4.69, 9.17) is 5.73 Å². The van der Waals surface area contributed by atoms with E-state index in [0.717, 1.165) is 24.0 Å². The molecule has 0 aliphatic heterocycles. The van der Waals surface area contributed by atoms with Gasteiger partial charge in [0.2, 0.25) is 0 Å². The molecule has 0 fully saturated rings. The molecule has 0 amide bonds. The Morgan fingerprint density at radius 1 is 1.42 bits per heavy atom. The van der Waals surface area contributed by atoms with E-state index in [9.17, 15) is 4.79 Å². The highest BCUT2D eigenvalue weighted by Gasteiger charge is 2.00. The van der Waals surface area contributed by atoms with Crippen molar-refractivity contribution in [1.29, 1.82) is 0 Å². The van der Waals surface area contributed by atoms with E-state index in [1.54, 1.807) is 0 Å². The molecule has 0 saturated heterocycles. The summed E-state index contributed by atoms with van der Waals surface area (Å²) < 4.78 is 0. The van der Waals surface area contributed by atoms with Crippen LogP contribution in [-0.4, -0.2) is 6.29 Å².